The van der Waals surface area contributed by atoms with E-state index in [4.69, 9.17) is 4.42 Å². The van der Waals surface area contributed by atoms with Gasteiger partial charge in [-0.15, -0.1) is 0 Å². The van der Waals surface area contributed by atoms with Gasteiger partial charge < -0.3 is 15.1 Å². The van der Waals surface area contributed by atoms with E-state index in [9.17, 15) is 9.59 Å². The van der Waals surface area contributed by atoms with E-state index < -0.39 is 11.8 Å². The van der Waals surface area contributed by atoms with Crippen LogP contribution < -0.4 is 10.6 Å². The fourth-order valence-corrected chi connectivity index (χ4v) is 2.30. The molecule has 5 heteroatoms. The van der Waals surface area contributed by atoms with Crippen molar-refractivity contribution in [1.82, 2.24) is 5.32 Å². The van der Waals surface area contributed by atoms with Gasteiger partial charge in [-0.1, -0.05) is 48.5 Å². The first-order valence-corrected chi connectivity index (χ1v) is 7.50. The highest BCUT2D eigenvalue weighted by molar-refractivity contribution is 6.39. The largest absolute Gasteiger partial charge is 0.467 e. The average Bonchev–Trinajstić information content (AvgIpc) is 3.14. The van der Waals surface area contributed by atoms with Gasteiger partial charge >= 0.3 is 11.8 Å². The number of rotatable bonds is 4. The molecule has 2 amide bonds. The van der Waals surface area contributed by atoms with Gasteiger partial charge in [-0.3, -0.25) is 9.59 Å². The maximum atomic E-state index is 12.1. The van der Waals surface area contributed by atoms with Gasteiger partial charge in [0.15, 0.2) is 0 Å². The quantitative estimate of drug-likeness (QED) is 0.725. The molecule has 5 nitrogen and oxygen atoms in total. The number of hydrogen-bond acceptors (Lipinski definition) is 3. The Morgan fingerprint density at radius 3 is 2.33 bits per heavy atom. The lowest BCUT2D eigenvalue weighted by atomic mass is 10.0. The van der Waals surface area contributed by atoms with Crippen molar-refractivity contribution in [2.75, 3.05) is 5.32 Å². The fraction of sp³-hybridized carbons (Fsp3) is 0.0526. The molecule has 120 valence electrons. The Kier molecular flexibility index (Phi) is 4.72. The average molecular weight is 320 g/mol. The third kappa shape index (κ3) is 3.70. The molecule has 24 heavy (non-hydrogen) atoms. The number of benzene rings is 2. The van der Waals surface area contributed by atoms with Gasteiger partial charge in [-0.25, -0.2) is 0 Å². The Balaban J connectivity index is 1.69. The zero-order chi connectivity index (χ0) is 16.8. The molecule has 0 aliphatic rings. The van der Waals surface area contributed by atoms with Crippen LogP contribution in [0.1, 0.15) is 5.76 Å². The van der Waals surface area contributed by atoms with E-state index in [2.05, 4.69) is 10.6 Å². The van der Waals surface area contributed by atoms with E-state index in [-0.39, 0.29) is 6.54 Å². The number of anilines is 1. The highest BCUT2D eigenvalue weighted by atomic mass is 16.3. The van der Waals surface area contributed by atoms with Gasteiger partial charge in [-0.2, -0.15) is 0 Å². The van der Waals surface area contributed by atoms with Crippen molar-refractivity contribution in [1.29, 1.82) is 0 Å². The van der Waals surface area contributed by atoms with Crippen molar-refractivity contribution < 1.29 is 14.0 Å². The molecular formula is C19H16N2O3. The van der Waals surface area contributed by atoms with E-state index >= 15 is 0 Å². The number of hydrogen-bond donors (Lipinski definition) is 2. The van der Waals surface area contributed by atoms with Crippen molar-refractivity contribution in [2.45, 2.75) is 6.54 Å². The van der Waals surface area contributed by atoms with Crippen molar-refractivity contribution in [3.05, 3.63) is 78.8 Å². The standard InChI is InChI=1S/C19H16N2O3/c22-18(20-13-15-9-6-12-24-15)19(23)21-17-11-5-4-10-16(17)14-7-2-1-3-8-14/h1-12H,13H2,(H,20,22)(H,21,23). The zero-order valence-corrected chi connectivity index (χ0v) is 12.9. The molecule has 0 atom stereocenters. The second-order valence-corrected chi connectivity index (χ2v) is 5.13. The minimum atomic E-state index is -0.718. The topological polar surface area (TPSA) is 71.3 Å². The monoisotopic (exact) mass is 320 g/mol. The van der Waals surface area contributed by atoms with Crippen LogP contribution in [0.5, 0.6) is 0 Å². The van der Waals surface area contributed by atoms with Crippen molar-refractivity contribution in [2.24, 2.45) is 0 Å². The van der Waals surface area contributed by atoms with Crippen LogP contribution in [0.2, 0.25) is 0 Å². The molecule has 1 aromatic heterocycles. The number of para-hydroxylation sites is 1. The van der Waals surface area contributed by atoms with Crippen molar-refractivity contribution in [3.8, 4) is 11.1 Å². The predicted octanol–water partition coefficient (Wildman–Crippen LogP) is 3.20. The van der Waals surface area contributed by atoms with Crippen molar-refractivity contribution >= 4 is 17.5 Å². The Bertz CT molecular complexity index is 827. The summed E-state index contributed by atoms with van der Waals surface area (Å²) in [5, 5.41) is 5.18. The molecule has 0 aliphatic carbocycles. The molecule has 0 unspecified atom stereocenters. The lowest BCUT2D eigenvalue weighted by Crippen LogP contribution is -2.35. The van der Waals surface area contributed by atoms with Gasteiger partial charge in [0, 0.05) is 11.3 Å². The van der Waals surface area contributed by atoms with Crippen LogP contribution >= 0.6 is 0 Å². The van der Waals surface area contributed by atoms with Gasteiger partial charge in [0.1, 0.15) is 5.76 Å². The number of furan rings is 1. The van der Waals surface area contributed by atoms with E-state index in [1.807, 2.05) is 48.5 Å². The summed E-state index contributed by atoms with van der Waals surface area (Å²) in [5.74, 6) is -0.847. The third-order valence-corrected chi connectivity index (χ3v) is 3.47. The van der Waals surface area contributed by atoms with Crippen LogP contribution in [-0.4, -0.2) is 11.8 Å². The highest BCUT2D eigenvalue weighted by Gasteiger charge is 2.15. The molecule has 0 radical (unpaired) electrons. The van der Waals surface area contributed by atoms with E-state index in [1.54, 1.807) is 18.2 Å². The summed E-state index contributed by atoms with van der Waals surface area (Å²) in [4.78, 5) is 24.0. The number of nitrogens with one attached hydrogen (secondary N) is 2. The first kappa shape index (κ1) is 15.6. The van der Waals surface area contributed by atoms with Crippen LogP contribution in [0.4, 0.5) is 5.69 Å². The maximum absolute atomic E-state index is 12.1. The second kappa shape index (κ2) is 7.28. The lowest BCUT2D eigenvalue weighted by Gasteiger charge is -2.11. The van der Waals surface area contributed by atoms with Crippen LogP contribution in [0, 0.1) is 0 Å². The summed E-state index contributed by atoms with van der Waals surface area (Å²) in [6, 6.07) is 20.5. The normalized spacial score (nSPS) is 10.2. The molecule has 0 aliphatic heterocycles. The summed E-state index contributed by atoms with van der Waals surface area (Å²) < 4.78 is 5.11. The molecule has 3 rings (SSSR count). The summed E-state index contributed by atoms with van der Waals surface area (Å²) in [5.41, 5.74) is 2.40. The van der Waals surface area contributed by atoms with Gasteiger partial charge in [0.05, 0.1) is 12.8 Å². The Labute approximate surface area is 139 Å². The first-order chi connectivity index (χ1) is 11.7. The summed E-state index contributed by atoms with van der Waals surface area (Å²) >= 11 is 0. The zero-order valence-electron chi connectivity index (χ0n) is 12.9. The predicted molar refractivity (Wildman–Crippen MR) is 91.1 cm³/mol. The van der Waals surface area contributed by atoms with Crippen LogP contribution in [0.3, 0.4) is 0 Å². The van der Waals surface area contributed by atoms with Gasteiger partial charge in [0.2, 0.25) is 0 Å². The van der Waals surface area contributed by atoms with E-state index in [0.717, 1.165) is 11.1 Å². The Hall–Kier alpha value is -3.34. The second-order valence-electron chi connectivity index (χ2n) is 5.13. The van der Waals surface area contributed by atoms with Crippen LogP contribution in [0.25, 0.3) is 11.1 Å². The molecule has 2 aromatic carbocycles. The van der Waals surface area contributed by atoms with Gasteiger partial charge in [-0.05, 0) is 23.8 Å². The van der Waals surface area contributed by atoms with Gasteiger partial charge in [0.25, 0.3) is 0 Å². The number of carbonyl (C=O) groups is 2. The smallest absolute Gasteiger partial charge is 0.313 e. The number of amides is 2. The molecule has 1 heterocycles. The molecule has 0 spiro atoms. The summed E-state index contributed by atoms with van der Waals surface area (Å²) in [6.45, 7) is 0.166. The SMILES string of the molecule is O=C(NCc1ccco1)C(=O)Nc1ccccc1-c1ccccc1. The van der Waals surface area contributed by atoms with E-state index in [0.29, 0.717) is 11.4 Å². The van der Waals surface area contributed by atoms with Crippen LogP contribution in [0.15, 0.2) is 77.4 Å². The molecule has 0 fully saturated rings. The summed E-state index contributed by atoms with van der Waals surface area (Å²) in [7, 11) is 0. The van der Waals surface area contributed by atoms with Crippen LogP contribution in [-0.2, 0) is 16.1 Å². The minimum Gasteiger partial charge on any atom is -0.467 e. The molecule has 2 N–H and O–H groups in total. The maximum Gasteiger partial charge on any atom is 0.313 e. The Morgan fingerprint density at radius 2 is 1.58 bits per heavy atom. The highest BCUT2D eigenvalue weighted by Crippen LogP contribution is 2.27. The van der Waals surface area contributed by atoms with E-state index in [1.165, 1.54) is 6.26 Å². The molecule has 0 bridgehead atoms. The summed E-state index contributed by atoms with van der Waals surface area (Å²) in [6.07, 6.45) is 1.51. The fourth-order valence-electron chi connectivity index (χ4n) is 2.30. The third-order valence-electron chi connectivity index (χ3n) is 3.47. The number of carbonyl (C=O) groups excluding carboxylic acids is 2. The van der Waals surface area contributed by atoms with Crippen molar-refractivity contribution in [3.63, 3.8) is 0 Å². The molecular weight excluding hydrogens is 304 g/mol. The molecule has 0 saturated carbocycles. The first-order valence-electron chi connectivity index (χ1n) is 7.50. The molecule has 3 aromatic rings. The molecule has 0 saturated heterocycles. The Morgan fingerprint density at radius 1 is 0.833 bits per heavy atom. The minimum absolute atomic E-state index is 0.166. The lowest BCUT2D eigenvalue weighted by molar-refractivity contribution is -0.136.